The average Bonchev–Trinajstić information content (AvgIpc) is 2.11. The number of carbonyl (C=O) groups is 1. The van der Waals surface area contributed by atoms with E-state index in [2.05, 4.69) is 6.58 Å². The summed E-state index contributed by atoms with van der Waals surface area (Å²) in [5.74, 6) is -0.155. The van der Waals surface area contributed by atoms with E-state index < -0.39 is 5.41 Å². The summed E-state index contributed by atoms with van der Waals surface area (Å²) in [5.41, 5.74) is -1.27. The molecule has 0 spiro atoms. The van der Waals surface area contributed by atoms with Crippen molar-refractivity contribution >= 4 is 5.91 Å². The lowest BCUT2D eigenvalue weighted by Gasteiger charge is -2.38. The van der Waals surface area contributed by atoms with Gasteiger partial charge in [-0.15, -0.1) is 6.58 Å². The minimum absolute atomic E-state index is 0.155. The summed E-state index contributed by atoms with van der Waals surface area (Å²) in [6, 6.07) is 2.03. The van der Waals surface area contributed by atoms with Crippen molar-refractivity contribution in [2.75, 3.05) is 6.54 Å². The molecule has 0 aromatic rings. The normalized spacial score (nSPS) is 11.7. The second-order valence-electron chi connectivity index (χ2n) is 5.11. The molecule has 0 unspecified atom stereocenters. The summed E-state index contributed by atoms with van der Waals surface area (Å²) in [5, 5.41) is 8.92. The van der Waals surface area contributed by atoms with Gasteiger partial charge >= 0.3 is 0 Å². The predicted molar refractivity (Wildman–Crippen MR) is 61.1 cm³/mol. The highest BCUT2D eigenvalue weighted by Crippen LogP contribution is 2.23. The zero-order chi connectivity index (χ0) is 12.3. The van der Waals surface area contributed by atoms with Crippen LogP contribution in [0.5, 0.6) is 0 Å². The fourth-order valence-corrected chi connectivity index (χ4v) is 1.18. The van der Waals surface area contributed by atoms with Crippen LogP contribution in [0.2, 0.25) is 0 Å². The summed E-state index contributed by atoms with van der Waals surface area (Å²) in [7, 11) is 0. The quantitative estimate of drug-likeness (QED) is 0.668. The minimum Gasteiger partial charge on any atom is -0.333 e. The maximum absolute atomic E-state index is 12.1. The van der Waals surface area contributed by atoms with Crippen LogP contribution in [0, 0.1) is 16.7 Å². The lowest BCUT2D eigenvalue weighted by molar-refractivity contribution is -0.141. The minimum atomic E-state index is -0.976. The molecule has 0 radical (unpaired) electrons. The van der Waals surface area contributed by atoms with Crippen LogP contribution in [0.4, 0.5) is 0 Å². The highest BCUT2D eigenvalue weighted by Gasteiger charge is 2.36. The van der Waals surface area contributed by atoms with Gasteiger partial charge in [-0.05, 0) is 34.6 Å². The van der Waals surface area contributed by atoms with Crippen molar-refractivity contribution < 1.29 is 4.79 Å². The Hall–Kier alpha value is -1.30. The third-order valence-corrected chi connectivity index (χ3v) is 2.18. The van der Waals surface area contributed by atoms with Gasteiger partial charge in [-0.1, -0.05) is 6.08 Å². The summed E-state index contributed by atoms with van der Waals surface area (Å²) in [4.78, 5) is 13.8. The van der Waals surface area contributed by atoms with Crippen LogP contribution in [0.15, 0.2) is 12.7 Å². The lowest BCUT2D eigenvalue weighted by atomic mass is 9.91. The zero-order valence-corrected chi connectivity index (χ0v) is 10.3. The Morgan fingerprint density at radius 3 is 2.13 bits per heavy atom. The standard InChI is InChI=1S/C12H20N2O/c1-7-8-14(11(2,3)4)10(15)12(5,6)9-13/h7H,1,8H2,2-6H3. The average molecular weight is 208 g/mol. The van der Waals surface area contributed by atoms with Gasteiger partial charge in [-0.2, -0.15) is 5.26 Å². The molecule has 0 N–H and O–H groups in total. The van der Waals surface area contributed by atoms with Gasteiger partial charge in [0.1, 0.15) is 5.41 Å². The molecule has 0 bridgehead atoms. The molecule has 0 aromatic carbocycles. The first-order valence-electron chi connectivity index (χ1n) is 5.01. The van der Waals surface area contributed by atoms with E-state index in [1.165, 1.54) is 0 Å². The van der Waals surface area contributed by atoms with Gasteiger partial charge in [0.25, 0.3) is 0 Å². The van der Waals surface area contributed by atoms with Gasteiger partial charge in [-0.25, -0.2) is 0 Å². The number of amides is 1. The van der Waals surface area contributed by atoms with Crippen LogP contribution in [0.25, 0.3) is 0 Å². The molecular formula is C12H20N2O. The van der Waals surface area contributed by atoms with Crippen LogP contribution in [0.1, 0.15) is 34.6 Å². The van der Waals surface area contributed by atoms with Crippen LogP contribution in [0.3, 0.4) is 0 Å². The van der Waals surface area contributed by atoms with E-state index in [9.17, 15) is 4.79 Å². The molecule has 15 heavy (non-hydrogen) atoms. The number of hydrogen-bond donors (Lipinski definition) is 0. The lowest BCUT2D eigenvalue weighted by Crippen LogP contribution is -2.50. The van der Waals surface area contributed by atoms with Gasteiger partial charge in [0.05, 0.1) is 6.07 Å². The summed E-state index contributed by atoms with van der Waals surface area (Å²) in [6.07, 6.45) is 1.68. The first-order valence-corrected chi connectivity index (χ1v) is 5.01. The third-order valence-electron chi connectivity index (χ3n) is 2.18. The molecule has 0 aliphatic carbocycles. The first-order chi connectivity index (χ1) is 6.66. The largest absolute Gasteiger partial charge is 0.333 e. The first kappa shape index (κ1) is 13.7. The Morgan fingerprint density at radius 1 is 1.40 bits per heavy atom. The van der Waals surface area contributed by atoms with E-state index >= 15 is 0 Å². The maximum Gasteiger partial charge on any atom is 0.243 e. The molecule has 84 valence electrons. The summed E-state index contributed by atoms with van der Waals surface area (Å²) in [6.45, 7) is 13.2. The topological polar surface area (TPSA) is 44.1 Å². The Bertz CT molecular complexity index is 292. The van der Waals surface area contributed by atoms with Crippen LogP contribution in [-0.2, 0) is 4.79 Å². The Morgan fingerprint density at radius 2 is 1.87 bits per heavy atom. The van der Waals surface area contributed by atoms with Crippen molar-refractivity contribution in [1.82, 2.24) is 4.90 Å². The van der Waals surface area contributed by atoms with E-state index in [0.29, 0.717) is 6.54 Å². The van der Waals surface area contributed by atoms with E-state index in [1.807, 2.05) is 26.8 Å². The second kappa shape index (κ2) is 4.48. The van der Waals surface area contributed by atoms with Gasteiger partial charge in [0.2, 0.25) is 5.91 Å². The molecule has 0 aliphatic heterocycles. The zero-order valence-electron chi connectivity index (χ0n) is 10.3. The van der Waals surface area contributed by atoms with Gasteiger partial charge in [-0.3, -0.25) is 4.79 Å². The molecule has 0 atom stereocenters. The monoisotopic (exact) mass is 208 g/mol. The molecule has 0 saturated carbocycles. The molecule has 0 heterocycles. The summed E-state index contributed by atoms with van der Waals surface area (Å²) >= 11 is 0. The highest BCUT2D eigenvalue weighted by molar-refractivity contribution is 5.85. The molecule has 3 heteroatoms. The number of nitriles is 1. The number of carbonyl (C=O) groups excluding carboxylic acids is 1. The SMILES string of the molecule is C=CCN(C(=O)C(C)(C)C#N)C(C)(C)C. The molecule has 0 aliphatic rings. The predicted octanol–water partition coefficient (Wildman–Crippen LogP) is 2.35. The van der Waals surface area contributed by atoms with Crippen molar-refractivity contribution in [3.63, 3.8) is 0 Å². The van der Waals surface area contributed by atoms with Gasteiger partial charge in [0.15, 0.2) is 0 Å². The van der Waals surface area contributed by atoms with Crippen LogP contribution < -0.4 is 0 Å². The molecule has 3 nitrogen and oxygen atoms in total. The molecule has 0 rings (SSSR count). The van der Waals surface area contributed by atoms with Crippen LogP contribution >= 0.6 is 0 Å². The molecule has 1 amide bonds. The second-order valence-corrected chi connectivity index (χ2v) is 5.11. The number of nitrogens with zero attached hydrogens (tertiary/aromatic N) is 2. The Labute approximate surface area is 92.4 Å². The summed E-state index contributed by atoms with van der Waals surface area (Å²) < 4.78 is 0. The van der Waals surface area contributed by atoms with Crippen molar-refractivity contribution in [1.29, 1.82) is 5.26 Å². The van der Waals surface area contributed by atoms with Crippen LogP contribution in [-0.4, -0.2) is 22.9 Å². The molecular weight excluding hydrogens is 188 g/mol. The van der Waals surface area contributed by atoms with E-state index in [4.69, 9.17) is 5.26 Å². The third kappa shape index (κ3) is 3.39. The van der Waals surface area contributed by atoms with Crippen molar-refractivity contribution in [2.45, 2.75) is 40.2 Å². The highest BCUT2D eigenvalue weighted by atomic mass is 16.2. The van der Waals surface area contributed by atoms with Crippen molar-refractivity contribution in [3.8, 4) is 6.07 Å². The van der Waals surface area contributed by atoms with E-state index in [-0.39, 0.29) is 11.4 Å². The van der Waals surface area contributed by atoms with E-state index in [1.54, 1.807) is 24.8 Å². The van der Waals surface area contributed by atoms with Crippen molar-refractivity contribution in [3.05, 3.63) is 12.7 Å². The smallest absolute Gasteiger partial charge is 0.243 e. The fourth-order valence-electron chi connectivity index (χ4n) is 1.18. The number of hydrogen-bond acceptors (Lipinski definition) is 2. The molecule has 0 saturated heterocycles. The number of rotatable bonds is 3. The van der Waals surface area contributed by atoms with Crippen molar-refractivity contribution in [2.24, 2.45) is 5.41 Å². The van der Waals surface area contributed by atoms with E-state index in [0.717, 1.165) is 0 Å². The molecule has 0 fully saturated rings. The Kier molecular flexibility index (Phi) is 4.09. The van der Waals surface area contributed by atoms with Gasteiger partial charge < -0.3 is 4.90 Å². The maximum atomic E-state index is 12.1. The Balaban J connectivity index is 5.06. The van der Waals surface area contributed by atoms with Gasteiger partial charge in [0, 0.05) is 12.1 Å². The molecule has 0 aromatic heterocycles. The fraction of sp³-hybridized carbons (Fsp3) is 0.667.